The Kier molecular flexibility index (Phi) is 4.87. The predicted octanol–water partition coefficient (Wildman–Crippen LogP) is 4.01. The van der Waals surface area contributed by atoms with Crippen LogP contribution < -0.4 is 10.1 Å². The summed E-state index contributed by atoms with van der Waals surface area (Å²) in [5, 5.41) is 2.57. The Morgan fingerprint density at radius 3 is 2.67 bits per heavy atom. The summed E-state index contributed by atoms with van der Waals surface area (Å²) in [6, 6.07) is 9.70. The average Bonchev–Trinajstić information content (AvgIpc) is 2.46. The lowest BCUT2D eigenvalue weighted by atomic mass is 10.2. The molecule has 0 fully saturated rings. The lowest BCUT2D eigenvalue weighted by Crippen LogP contribution is -2.15. The fraction of sp³-hybridized carbons (Fsp3) is 0.188. The number of hydrogen-bond donors (Lipinski definition) is 1. The van der Waals surface area contributed by atoms with Crippen LogP contribution in [0.2, 0.25) is 0 Å². The molecule has 0 spiro atoms. The van der Waals surface area contributed by atoms with Gasteiger partial charge in [0.1, 0.15) is 17.4 Å². The minimum atomic E-state index is -0.903. The molecule has 110 valence electrons. The van der Waals surface area contributed by atoms with Gasteiger partial charge in [0, 0.05) is 6.07 Å². The Labute approximate surface area is 121 Å². The highest BCUT2D eigenvalue weighted by atomic mass is 19.1. The highest BCUT2D eigenvalue weighted by molar-refractivity contribution is 6.05. The van der Waals surface area contributed by atoms with Crippen molar-refractivity contribution in [3.05, 3.63) is 59.7 Å². The smallest absolute Gasteiger partial charge is 0.258 e. The van der Waals surface area contributed by atoms with Crippen LogP contribution in [-0.4, -0.2) is 12.5 Å². The fourth-order valence-corrected chi connectivity index (χ4v) is 1.77. The molecule has 2 aromatic carbocycles. The largest absolute Gasteiger partial charge is 0.491 e. The molecule has 1 N–H and O–H groups in total. The number of carbonyl (C=O) groups is 1. The minimum Gasteiger partial charge on any atom is -0.491 e. The summed E-state index contributed by atoms with van der Waals surface area (Å²) in [4.78, 5) is 12.0. The van der Waals surface area contributed by atoms with Crippen LogP contribution in [0.25, 0.3) is 0 Å². The van der Waals surface area contributed by atoms with Crippen LogP contribution in [0.1, 0.15) is 23.7 Å². The van der Waals surface area contributed by atoms with Gasteiger partial charge in [0.25, 0.3) is 5.91 Å². The first-order valence-electron chi connectivity index (χ1n) is 6.60. The molecular weight excluding hydrogens is 276 g/mol. The second-order valence-electron chi connectivity index (χ2n) is 4.42. The number of carbonyl (C=O) groups excluding carboxylic acids is 1. The summed E-state index contributed by atoms with van der Waals surface area (Å²) < 4.78 is 31.9. The number of ether oxygens (including phenoxy) is 1. The third kappa shape index (κ3) is 3.78. The molecule has 0 radical (unpaired) electrons. The van der Waals surface area contributed by atoms with Crippen molar-refractivity contribution >= 4 is 11.6 Å². The maximum absolute atomic E-state index is 13.6. The third-order valence-electron chi connectivity index (χ3n) is 2.77. The van der Waals surface area contributed by atoms with Gasteiger partial charge in [-0.2, -0.15) is 0 Å². The maximum Gasteiger partial charge on any atom is 0.258 e. The van der Waals surface area contributed by atoms with Gasteiger partial charge in [-0.3, -0.25) is 4.79 Å². The summed E-state index contributed by atoms with van der Waals surface area (Å²) in [7, 11) is 0. The molecule has 0 aliphatic heterocycles. The molecule has 0 aliphatic rings. The standard InChI is InChI=1S/C16H15F2NO2/c1-2-9-21-15-6-4-3-5-14(15)19-16(20)12-8-7-11(17)10-13(12)18/h3-8,10H,2,9H2,1H3,(H,19,20). The van der Waals surface area contributed by atoms with E-state index in [1.807, 2.05) is 6.92 Å². The van der Waals surface area contributed by atoms with Crippen LogP contribution in [0, 0.1) is 11.6 Å². The van der Waals surface area contributed by atoms with Crippen LogP contribution in [0.4, 0.5) is 14.5 Å². The number of amides is 1. The Morgan fingerprint density at radius 1 is 1.19 bits per heavy atom. The van der Waals surface area contributed by atoms with Gasteiger partial charge < -0.3 is 10.1 Å². The van der Waals surface area contributed by atoms with Crippen molar-refractivity contribution in [2.24, 2.45) is 0 Å². The van der Waals surface area contributed by atoms with Gasteiger partial charge in [0.2, 0.25) is 0 Å². The van der Waals surface area contributed by atoms with Crippen molar-refractivity contribution in [1.29, 1.82) is 0 Å². The molecule has 2 aromatic rings. The van der Waals surface area contributed by atoms with E-state index in [0.29, 0.717) is 24.1 Å². The van der Waals surface area contributed by atoms with Crippen LogP contribution in [0.3, 0.4) is 0 Å². The first kappa shape index (κ1) is 15.0. The topological polar surface area (TPSA) is 38.3 Å². The van der Waals surface area contributed by atoms with Crippen molar-refractivity contribution in [3.63, 3.8) is 0 Å². The number of hydrogen-bond acceptors (Lipinski definition) is 2. The molecule has 1 amide bonds. The number of rotatable bonds is 5. The second kappa shape index (κ2) is 6.83. The van der Waals surface area contributed by atoms with E-state index in [2.05, 4.69) is 5.32 Å². The van der Waals surface area contributed by atoms with E-state index >= 15 is 0 Å². The molecule has 0 unspecified atom stereocenters. The summed E-state index contributed by atoms with van der Waals surface area (Å²) in [5.41, 5.74) is 0.223. The van der Waals surface area contributed by atoms with Gasteiger partial charge in [-0.05, 0) is 30.7 Å². The van der Waals surface area contributed by atoms with Gasteiger partial charge in [0.05, 0.1) is 17.9 Å². The van der Waals surface area contributed by atoms with E-state index in [0.717, 1.165) is 18.6 Å². The van der Waals surface area contributed by atoms with Crippen molar-refractivity contribution in [1.82, 2.24) is 0 Å². The zero-order valence-electron chi connectivity index (χ0n) is 11.5. The molecule has 0 aromatic heterocycles. The molecule has 0 heterocycles. The third-order valence-corrected chi connectivity index (χ3v) is 2.77. The molecule has 21 heavy (non-hydrogen) atoms. The molecule has 0 bridgehead atoms. The Balaban J connectivity index is 2.19. The van der Waals surface area contributed by atoms with Crippen LogP contribution in [0.15, 0.2) is 42.5 Å². The average molecular weight is 291 g/mol. The molecule has 0 saturated heterocycles. The number of anilines is 1. The summed E-state index contributed by atoms with van der Waals surface area (Å²) in [5.74, 6) is -1.77. The number of benzene rings is 2. The zero-order chi connectivity index (χ0) is 15.2. The molecule has 5 heteroatoms. The highest BCUT2D eigenvalue weighted by Crippen LogP contribution is 2.25. The first-order valence-corrected chi connectivity index (χ1v) is 6.60. The summed E-state index contributed by atoms with van der Waals surface area (Å²) in [6.07, 6.45) is 0.828. The quantitative estimate of drug-likeness (QED) is 0.904. The zero-order valence-corrected chi connectivity index (χ0v) is 11.5. The fourth-order valence-electron chi connectivity index (χ4n) is 1.77. The predicted molar refractivity (Wildman–Crippen MR) is 76.5 cm³/mol. The lowest BCUT2D eigenvalue weighted by molar-refractivity contribution is 0.102. The number of halogens is 2. The molecule has 0 aliphatic carbocycles. The van der Waals surface area contributed by atoms with Crippen LogP contribution >= 0.6 is 0 Å². The Bertz CT molecular complexity index is 644. The summed E-state index contributed by atoms with van der Waals surface area (Å²) >= 11 is 0. The number of para-hydroxylation sites is 2. The van der Waals surface area contributed by atoms with Crippen LogP contribution in [0.5, 0.6) is 5.75 Å². The van der Waals surface area contributed by atoms with E-state index < -0.39 is 17.5 Å². The molecule has 0 saturated carbocycles. The van der Waals surface area contributed by atoms with E-state index in [-0.39, 0.29) is 5.56 Å². The van der Waals surface area contributed by atoms with Crippen molar-refractivity contribution in [3.8, 4) is 5.75 Å². The monoisotopic (exact) mass is 291 g/mol. The maximum atomic E-state index is 13.6. The summed E-state index contributed by atoms with van der Waals surface area (Å²) in [6.45, 7) is 2.48. The van der Waals surface area contributed by atoms with E-state index in [1.165, 1.54) is 0 Å². The highest BCUT2D eigenvalue weighted by Gasteiger charge is 2.14. The molecule has 0 atom stereocenters. The van der Waals surface area contributed by atoms with E-state index in [1.54, 1.807) is 24.3 Å². The van der Waals surface area contributed by atoms with Crippen molar-refractivity contribution in [2.75, 3.05) is 11.9 Å². The van der Waals surface area contributed by atoms with Crippen LogP contribution in [-0.2, 0) is 0 Å². The van der Waals surface area contributed by atoms with Gasteiger partial charge >= 0.3 is 0 Å². The van der Waals surface area contributed by atoms with Crippen molar-refractivity contribution in [2.45, 2.75) is 13.3 Å². The van der Waals surface area contributed by atoms with Gasteiger partial charge in [-0.25, -0.2) is 8.78 Å². The Hall–Kier alpha value is -2.43. The van der Waals surface area contributed by atoms with Gasteiger partial charge in [0.15, 0.2) is 0 Å². The van der Waals surface area contributed by atoms with Gasteiger partial charge in [-0.1, -0.05) is 19.1 Å². The number of nitrogens with one attached hydrogen (secondary N) is 1. The Morgan fingerprint density at radius 2 is 1.95 bits per heavy atom. The van der Waals surface area contributed by atoms with Crippen molar-refractivity contribution < 1.29 is 18.3 Å². The lowest BCUT2D eigenvalue weighted by Gasteiger charge is -2.12. The molecule has 3 nitrogen and oxygen atoms in total. The SMILES string of the molecule is CCCOc1ccccc1NC(=O)c1ccc(F)cc1F. The second-order valence-corrected chi connectivity index (χ2v) is 4.42. The minimum absolute atomic E-state index is 0.221. The van der Waals surface area contributed by atoms with Gasteiger partial charge in [-0.15, -0.1) is 0 Å². The van der Waals surface area contributed by atoms with E-state index in [4.69, 9.17) is 4.74 Å². The van der Waals surface area contributed by atoms with E-state index in [9.17, 15) is 13.6 Å². The molecular formula is C16H15F2NO2. The normalized spacial score (nSPS) is 10.2. The first-order chi connectivity index (χ1) is 10.1. The molecule has 2 rings (SSSR count).